The fourth-order valence-electron chi connectivity index (χ4n) is 2.90. The highest BCUT2D eigenvalue weighted by Gasteiger charge is 2.26. The quantitative estimate of drug-likeness (QED) is 0.660. The normalized spacial score (nSPS) is 18.9. The molecule has 0 bridgehead atoms. The van der Waals surface area contributed by atoms with Gasteiger partial charge in [0.1, 0.15) is 5.82 Å². The van der Waals surface area contributed by atoms with Gasteiger partial charge in [0, 0.05) is 23.8 Å². The van der Waals surface area contributed by atoms with Crippen molar-refractivity contribution in [1.82, 2.24) is 9.88 Å². The van der Waals surface area contributed by atoms with Gasteiger partial charge >= 0.3 is 0 Å². The summed E-state index contributed by atoms with van der Waals surface area (Å²) in [6.45, 7) is 7.12. The predicted octanol–water partition coefficient (Wildman–Crippen LogP) is 2.90. The molecular weight excluding hydrogens is 264 g/mol. The molecule has 3 N–H and O–H groups in total. The number of hydrogen-bond acceptors (Lipinski definition) is 4. The van der Waals surface area contributed by atoms with Crippen LogP contribution in [0.15, 0.2) is 12.1 Å². The number of pyridine rings is 1. The SMILES string of the molecule is CCC1CCCCN1C(=O)c1cc(NN)nc(C(C)C)c1. The smallest absolute Gasteiger partial charge is 0.254 e. The Labute approximate surface area is 126 Å². The molecule has 1 aromatic heterocycles. The largest absolute Gasteiger partial charge is 0.336 e. The Morgan fingerprint density at radius 2 is 2.24 bits per heavy atom. The van der Waals surface area contributed by atoms with E-state index in [1.807, 2.05) is 11.0 Å². The second-order valence-corrected chi connectivity index (χ2v) is 6.02. The number of carbonyl (C=O) groups is 1. The van der Waals surface area contributed by atoms with E-state index < -0.39 is 0 Å². The van der Waals surface area contributed by atoms with Gasteiger partial charge in [0.15, 0.2) is 0 Å². The van der Waals surface area contributed by atoms with E-state index in [1.54, 1.807) is 6.07 Å². The zero-order valence-electron chi connectivity index (χ0n) is 13.2. The molecule has 0 aliphatic carbocycles. The highest BCUT2D eigenvalue weighted by molar-refractivity contribution is 5.95. The third-order valence-corrected chi connectivity index (χ3v) is 4.19. The van der Waals surface area contributed by atoms with E-state index in [4.69, 9.17) is 5.84 Å². The summed E-state index contributed by atoms with van der Waals surface area (Å²) < 4.78 is 0. The van der Waals surface area contributed by atoms with Gasteiger partial charge in [0.05, 0.1) is 0 Å². The standard InChI is InChI=1S/C16H26N4O/c1-4-13-7-5-6-8-20(13)16(21)12-9-14(11(2)3)18-15(10-12)19-17/h9-11,13H,4-8,17H2,1-3H3,(H,18,19). The Kier molecular flexibility index (Phi) is 5.17. The molecule has 5 nitrogen and oxygen atoms in total. The van der Waals surface area contributed by atoms with E-state index in [2.05, 4.69) is 31.2 Å². The number of amides is 1. The van der Waals surface area contributed by atoms with Gasteiger partial charge in [-0.2, -0.15) is 0 Å². The molecular formula is C16H26N4O. The van der Waals surface area contributed by atoms with E-state index in [1.165, 1.54) is 6.42 Å². The van der Waals surface area contributed by atoms with Gasteiger partial charge in [-0.1, -0.05) is 20.8 Å². The average Bonchev–Trinajstić information content (AvgIpc) is 2.53. The van der Waals surface area contributed by atoms with E-state index >= 15 is 0 Å². The minimum atomic E-state index is 0.0994. The number of nitrogens with one attached hydrogen (secondary N) is 1. The third kappa shape index (κ3) is 3.53. The first kappa shape index (κ1) is 15.8. The fourth-order valence-corrected chi connectivity index (χ4v) is 2.90. The first-order valence-corrected chi connectivity index (χ1v) is 7.86. The lowest BCUT2D eigenvalue weighted by Gasteiger charge is -2.35. The van der Waals surface area contributed by atoms with Crippen LogP contribution in [0.1, 0.15) is 68.4 Å². The minimum Gasteiger partial charge on any atom is -0.336 e. The van der Waals surface area contributed by atoms with Crippen molar-refractivity contribution in [2.75, 3.05) is 12.0 Å². The van der Waals surface area contributed by atoms with Crippen LogP contribution in [-0.2, 0) is 0 Å². The predicted molar refractivity (Wildman–Crippen MR) is 85.1 cm³/mol. The van der Waals surface area contributed by atoms with Crippen LogP contribution in [0.3, 0.4) is 0 Å². The zero-order valence-corrected chi connectivity index (χ0v) is 13.2. The molecule has 21 heavy (non-hydrogen) atoms. The summed E-state index contributed by atoms with van der Waals surface area (Å²) in [5.41, 5.74) is 4.13. The lowest BCUT2D eigenvalue weighted by atomic mass is 9.98. The molecule has 1 amide bonds. The van der Waals surface area contributed by atoms with Crippen molar-refractivity contribution < 1.29 is 4.79 Å². The Morgan fingerprint density at radius 1 is 1.48 bits per heavy atom. The number of nitrogen functional groups attached to an aromatic ring is 1. The number of hydrogen-bond donors (Lipinski definition) is 2. The van der Waals surface area contributed by atoms with Crippen LogP contribution < -0.4 is 11.3 Å². The fraction of sp³-hybridized carbons (Fsp3) is 0.625. The molecule has 5 heteroatoms. The van der Waals surface area contributed by atoms with E-state index in [0.717, 1.165) is 31.5 Å². The molecule has 1 fully saturated rings. The van der Waals surface area contributed by atoms with Crippen LogP contribution in [0.4, 0.5) is 5.82 Å². The van der Waals surface area contributed by atoms with Gasteiger partial charge in [-0.15, -0.1) is 0 Å². The summed E-state index contributed by atoms with van der Waals surface area (Å²) in [4.78, 5) is 19.3. The number of hydrazine groups is 1. The maximum atomic E-state index is 12.8. The second kappa shape index (κ2) is 6.89. The third-order valence-electron chi connectivity index (χ3n) is 4.19. The topological polar surface area (TPSA) is 71.2 Å². The number of nitrogens with two attached hydrogens (primary N) is 1. The molecule has 0 aromatic carbocycles. The lowest BCUT2D eigenvalue weighted by Crippen LogP contribution is -2.43. The molecule has 1 aliphatic heterocycles. The second-order valence-electron chi connectivity index (χ2n) is 6.02. The van der Waals surface area contributed by atoms with Gasteiger partial charge in [-0.3, -0.25) is 4.79 Å². The van der Waals surface area contributed by atoms with E-state index in [9.17, 15) is 4.79 Å². The van der Waals surface area contributed by atoms with E-state index in [-0.39, 0.29) is 11.8 Å². The van der Waals surface area contributed by atoms with Gasteiger partial charge in [0.25, 0.3) is 5.91 Å². The molecule has 1 aliphatic rings. The Balaban J connectivity index is 2.31. The van der Waals surface area contributed by atoms with Crippen LogP contribution in [0.25, 0.3) is 0 Å². The average molecular weight is 290 g/mol. The number of piperidine rings is 1. The number of rotatable bonds is 4. The summed E-state index contributed by atoms with van der Waals surface area (Å²) in [7, 11) is 0. The number of aromatic nitrogens is 1. The number of nitrogens with zero attached hydrogens (tertiary/aromatic N) is 2. The Morgan fingerprint density at radius 3 is 2.86 bits per heavy atom. The maximum absolute atomic E-state index is 12.8. The van der Waals surface area contributed by atoms with Gasteiger partial charge < -0.3 is 10.3 Å². The van der Waals surface area contributed by atoms with Crippen molar-refractivity contribution in [2.24, 2.45) is 5.84 Å². The summed E-state index contributed by atoms with van der Waals surface area (Å²) >= 11 is 0. The Hall–Kier alpha value is -1.62. The molecule has 0 radical (unpaired) electrons. The van der Waals surface area contributed by atoms with Gasteiger partial charge in [0.2, 0.25) is 0 Å². The Bertz CT molecular complexity index is 501. The maximum Gasteiger partial charge on any atom is 0.254 e. The van der Waals surface area contributed by atoms with Gasteiger partial charge in [-0.05, 0) is 43.7 Å². The van der Waals surface area contributed by atoms with Crippen molar-refractivity contribution in [3.8, 4) is 0 Å². The number of carbonyl (C=O) groups excluding carboxylic acids is 1. The zero-order chi connectivity index (χ0) is 15.4. The lowest BCUT2D eigenvalue weighted by molar-refractivity contribution is 0.0608. The molecule has 1 saturated heterocycles. The van der Waals surface area contributed by atoms with Crippen molar-refractivity contribution in [2.45, 2.75) is 58.4 Å². The van der Waals surface area contributed by atoms with Crippen molar-refractivity contribution in [3.05, 3.63) is 23.4 Å². The molecule has 1 unspecified atom stereocenters. The van der Waals surface area contributed by atoms with Crippen LogP contribution in [0.2, 0.25) is 0 Å². The van der Waals surface area contributed by atoms with Gasteiger partial charge in [-0.25, -0.2) is 10.8 Å². The monoisotopic (exact) mass is 290 g/mol. The first-order valence-electron chi connectivity index (χ1n) is 7.86. The van der Waals surface area contributed by atoms with Crippen molar-refractivity contribution >= 4 is 11.7 Å². The van der Waals surface area contributed by atoms with Crippen molar-refractivity contribution in [3.63, 3.8) is 0 Å². The first-order chi connectivity index (χ1) is 10.1. The summed E-state index contributed by atoms with van der Waals surface area (Å²) in [6, 6.07) is 4.00. The van der Waals surface area contributed by atoms with Crippen LogP contribution in [0.5, 0.6) is 0 Å². The summed E-state index contributed by atoms with van der Waals surface area (Å²) in [6.07, 6.45) is 4.42. The highest BCUT2D eigenvalue weighted by Crippen LogP contribution is 2.24. The van der Waals surface area contributed by atoms with Crippen LogP contribution >= 0.6 is 0 Å². The van der Waals surface area contributed by atoms with Crippen LogP contribution in [0, 0.1) is 0 Å². The number of anilines is 1. The van der Waals surface area contributed by atoms with Crippen LogP contribution in [-0.4, -0.2) is 28.4 Å². The highest BCUT2D eigenvalue weighted by atomic mass is 16.2. The van der Waals surface area contributed by atoms with Crippen molar-refractivity contribution in [1.29, 1.82) is 0 Å². The molecule has 2 heterocycles. The minimum absolute atomic E-state index is 0.0994. The van der Waals surface area contributed by atoms with E-state index in [0.29, 0.717) is 17.4 Å². The molecule has 2 rings (SSSR count). The summed E-state index contributed by atoms with van der Waals surface area (Å²) in [5.74, 6) is 6.39. The number of likely N-dealkylation sites (tertiary alicyclic amines) is 1. The molecule has 1 aromatic rings. The molecule has 0 spiro atoms. The molecule has 0 saturated carbocycles. The molecule has 116 valence electrons. The molecule has 1 atom stereocenters. The summed E-state index contributed by atoms with van der Waals surface area (Å²) in [5, 5.41) is 0.